The van der Waals surface area contributed by atoms with Crippen molar-refractivity contribution in [2.75, 3.05) is 13.7 Å². The average molecular weight is 301 g/mol. The SMILES string of the molecule is COC(=O)N[C@H](CO)Cc1ccc(Oc2ccccc2)cc1. The molecule has 2 rings (SSSR count). The van der Waals surface area contributed by atoms with Crippen LogP contribution in [0.25, 0.3) is 0 Å². The molecular weight excluding hydrogens is 282 g/mol. The van der Waals surface area contributed by atoms with Crippen LogP contribution in [0.1, 0.15) is 5.56 Å². The van der Waals surface area contributed by atoms with E-state index in [4.69, 9.17) is 4.74 Å². The Balaban J connectivity index is 1.95. The van der Waals surface area contributed by atoms with Gasteiger partial charge in [-0.25, -0.2) is 4.79 Å². The lowest BCUT2D eigenvalue weighted by Crippen LogP contribution is -2.38. The predicted molar refractivity (Wildman–Crippen MR) is 83.1 cm³/mol. The van der Waals surface area contributed by atoms with Crippen molar-refractivity contribution in [3.05, 3.63) is 60.2 Å². The fourth-order valence-electron chi connectivity index (χ4n) is 1.99. The van der Waals surface area contributed by atoms with Crippen LogP contribution in [-0.2, 0) is 11.2 Å². The van der Waals surface area contributed by atoms with Gasteiger partial charge in [0, 0.05) is 0 Å². The van der Waals surface area contributed by atoms with Gasteiger partial charge in [-0.1, -0.05) is 30.3 Å². The molecule has 0 aromatic heterocycles. The molecule has 116 valence electrons. The molecule has 0 radical (unpaired) electrons. The first-order valence-electron chi connectivity index (χ1n) is 6.98. The maximum Gasteiger partial charge on any atom is 0.407 e. The zero-order chi connectivity index (χ0) is 15.8. The normalized spacial score (nSPS) is 11.5. The number of benzene rings is 2. The fraction of sp³-hybridized carbons (Fsp3) is 0.235. The van der Waals surface area contributed by atoms with E-state index in [1.165, 1.54) is 7.11 Å². The molecule has 2 aromatic carbocycles. The van der Waals surface area contributed by atoms with E-state index in [-0.39, 0.29) is 12.6 Å². The summed E-state index contributed by atoms with van der Waals surface area (Å²) in [6, 6.07) is 16.7. The van der Waals surface area contributed by atoms with Gasteiger partial charge in [0.1, 0.15) is 11.5 Å². The van der Waals surface area contributed by atoms with Crippen LogP contribution >= 0.6 is 0 Å². The number of aliphatic hydroxyl groups is 1. The highest BCUT2D eigenvalue weighted by Gasteiger charge is 2.12. The molecule has 0 saturated carbocycles. The Kier molecular flexibility index (Phi) is 5.80. The lowest BCUT2D eigenvalue weighted by molar-refractivity contribution is 0.157. The fourth-order valence-corrected chi connectivity index (χ4v) is 1.99. The number of ether oxygens (including phenoxy) is 2. The summed E-state index contributed by atoms with van der Waals surface area (Å²) in [5, 5.41) is 11.9. The molecule has 2 aromatic rings. The number of carbonyl (C=O) groups is 1. The lowest BCUT2D eigenvalue weighted by atomic mass is 10.1. The monoisotopic (exact) mass is 301 g/mol. The summed E-state index contributed by atoms with van der Waals surface area (Å²) in [6.07, 6.45) is -0.0416. The number of nitrogens with one attached hydrogen (secondary N) is 1. The van der Waals surface area contributed by atoms with Gasteiger partial charge in [-0.15, -0.1) is 0 Å². The van der Waals surface area contributed by atoms with Gasteiger partial charge in [0.05, 0.1) is 19.8 Å². The molecule has 1 atom stereocenters. The summed E-state index contributed by atoms with van der Waals surface area (Å²) in [7, 11) is 1.29. The molecule has 0 saturated heterocycles. The van der Waals surface area contributed by atoms with Gasteiger partial charge in [0.2, 0.25) is 0 Å². The minimum Gasteiger partial charge on any atom is -0.457 e. The molecule has 0 aliphatic carbocycles. The van der Waals surface area contributed by atoms with Crippen LogP contribution in [0.4, 0.5) is 4.79 Å². The number of aliphatic hydroxyl groups excluding tert-OH is 1. The van der Waals surface area contributed by atoms with Crippen LogP contribution in [0.2, 0.25) is 0 Å². The molecule has 5 nitrogen and oxygen atoms in total. The minimum absolute atomic E-state index is 0.155. The zero-order valence-corrected chi connectivity index (χ0v) is 12.4. The second kappa shape index (κ2) is 8.05. The summed E-state index contributed by atoms with van der Waals surface area (Å²) in [5.74, 6) is 1.51. The Hall–Kier alpha value is -2.53. The summed E-state index contributed by atoms with van der Waals surface area (Å²) in [5.41, 5.74) is 0.982. The van der Waals surface area contributed by atoms with Crippen LogP contribution in [0.15, 0.2) is 54.6 Å². The molecule has 0 bridgehead atoms. The van der Waals surface area contributed by atoms with Crippen LogP contribution in [0.3, 0.4) is 0 Å². The van der Waals surface area contributed by atoms with Crippen molar-refractivity contribution in [2.24, 2.45) is 0 Å². The zero-order valence-electron chi connectivity index (χ0n) is 12.4. The van der Waals surface area contributed by atoms with E-state index in [2.05, 4.69) is 10.1 Å². The molecule has 0 aliphatic rings. The van der Waals surface area contributed by atoms with E-state index in [1.807, 2.05) is 54.6 Å². The van der Waals surface area contributed by atoms with E-state index in [9.17, 15) is 9.90 Å². The van der Waals surface area contributed by atoms with Gasteiger partial charge in [0.25, 0.3) is 0 Å². The summed E-state index contributed by atoms with van der Waals surface area (Å²) < 4.78 is 10.2. The first kappa shape index (κ1) is 15.9. The number of hydrogen-bond donors (Lipinski definition) is 2. The number of carbonyl (C=O) groups excluding carboxylic acids is 1. The Morgan fingerprint density at radius 3 is 2.32 bits per heavy atom. The van der Waals surface area contributed by atoms with Crippen molar-refractivity contribution in [3.63, 3.8) is 0 Å². The smallest absolute Gasteiger partial charge is 0.407 e. The third-order valence-corrected chi connectivity index (χ3v) is 3.11. The first-order valence-corrected chi connectivity index (χ1v) is 6.98. The summed E-state index contributed by atoms with van der Waals surface area (Å²) >= 11 is 0. The number of amides is 1. The average Bonchev–Trinajstić information content (AvgIpc) is 2.56. The maximum atomic E-state index is 11.2. The van der Waals surface area contributed by atoms with Crippen molar-refractivity contribution < 1.29 is 19.4 Å². The second-order valence-corrected chi connectivity index (χ2v) is 4.78. The molecule has 1 amide bonds. The quantitative estimate of drug-likeness (QED) is 0.861. The van der Waals surface area contributed by atoms with Crippen molar-refractivity contribution >= 4 is 6.09 Å². The highest BCUT2D eigenvalue weighted by Crippen LogP contribution is 2.21. The van der Waals surface area contributed by atoms with Crippen molar-refractivity contribution in [1.29, 1.82) is 0 Å². The number of methoxy groups -OCH3 is 1. The van der Waals surface area contributed by atoms with E-state index in [0.29, 0.717) is 6.42 Å². The lowest BCUT2D eigenvalue weighted by Gasteiger charge is -2.15. The van der Waals surface area contributed by atoms with Crippen LogP contribution in [-0.4, -0.2) is 31.0 Å². The number of alkyl carbamates (subject to hydrolysis) is 1. The molecule has 0 spiro atoms. The highest BCUT2D eigenvalue weighted by atomic mass is 16.5. The Morgan fingerprint density at radius 1 is 1.09 bits per heavy atom. The standard InChI is InChI=1S/C17H19NO4/c1-21-17(20)18-14(12-19)11-13-7-9-16(10-8-13)22-15-5-3-2-4-6-15/h2-10,14,19H,11-12H2,1H3,(H,18,20)/t14-/m0/s1. The van der Waals surface area contributed by atoms with Gasteiger partial charge in [0.15, 0.2) is 0 Å². The predicted octanol–water partition coefficient (Wildman–Crippen LogP) is 2.74. The number of para-hydroxylation sites is 1. The third kappa shape index (κ3) is 4.79. The molecule has 0 aliphatic heterocycles. The van der Waals surface area contributed by atoms with Gasteiger partial charge < -0.3 is 19.9 Å². The Bertz CT molecular complexity index is 583. The molecular formula is C17H19NO4. The van der Waals surface area contributed by atoms with Gasteiger partial charge >= 0.3 is 6.09 Å². The highest BCUT2D eigenvalue weighted by molar-refractivity contribution is 5.67. The maximum absolute atomic E-state index is 11.2. The van der Waals surface area contributed by atoms with Crippen molar-refractivity contribution in [3.8, 4) is 11.5 Å². The largest absolute Gasteiger partial charge is 0.457 e. The Morgan fingerprint density at radius 2 is 1.73 bits per heavy atom. The minimum atomic E-state index is -0.553. The van der Waals surface area contributed by atoms with Crippen LogP contribution in [0, 0.1) is 0 Å². The van der Waals surface area contributed by atoms with E-state index >= 15 is 0 Å². The van der Waals surface area contributed by atoms with Gasteiger partial charge in [-0.3, -0.25) is 0 Å². The van der Waals surface area contributed by atoms with Gasteiger partial charge in [-0.05, 0) is 36.2 Å². The van der Waals surface area contributed by atoms with Crippen LogP contribution in [0.5, 0.6) is 11.5 Å². The molecule has 0 unspecified atom stereocenters. The number of hydrogen-bond acceptors (Lipinski definition) is 4. The topological polar surface area (TPSA) is 67.8 Å². The van der Waals surface area contributed by atoms with Crippen molar-refractivity contribution in [1.82, 2.24) is 5.32 Å². The molecule has 0 heterocycles. The van der Waals surface area contributed by atoms with E-state index in [1.54, 1.807) is 0 Å². The van der Waals surface area contributed by atoms with Crippen molar-refractivity contribution in [2.45, 2.75) is 12.5 Å². The third-order valence-electron chi connectivity index (χ3n) is 3.11. The Labute approximate surface area is 129 Å². The number of rotatable bonds is 6. The summed E-state index contributed by atoms with van der Waals surface area (Å²) in [4.78, 5) is 11.2. The molecule has 22 heavy (non-hydrogen) atoms. The molecule has 5 heteroatoms. The van der Waals surface area contributed by atoms with Gasteiger partial charge in [-0.2, -0.15) is 0 Å². The second-order valence-electron chi connectivity index (χ2n) is 4.78. The van der Waals surface area contributed by atoms with Crippen LogP contribution < -0.4 is 10.1 Å². The van der Waals surface area contributed by atoms with E-state index < -0.39 is 6.09 Å². The van der Waals surface area contributed by atoms with E-state index in [0.717, 1.165) is 17.1 Å². The molecule has 0 fully saturated rings. The molecule has 2 N–H and O–H groups in total. The first-order chi connectivity index (χ1) is 10.7. The summed E-state index contributed by atoms with van der Waals surface area (Å²) in [6.45, 7) is -0.155.